The van der Waals surface area contributed by atoms with Crippen molar-refractivity contribution in [3.05, 3.63) is 47.9 Å². The second-order valence-electron chi connectivity index (χ2n) is 9.21. The van der Waals surface area contributed by atoms with Crippen molar-refractivity contribution < 1.29 is 14.3 Å². The van der Waals surface area contributed by atoms with E-state index in [1.807, 2.05) is 17.0 Å². The maximum absolute atomic E-state index is 11.8. The number of hydrogen-bond donors (Lipinski definition) is 1. The number of methoxy groups -OCH3 is 2. The van der Waals surface area contributed by atoms with Crippen LogP contribution in [0.15, 0.2) is 37.1 Å². The number of halogens is 1. The van der Waals surface area contributed by atoms with Gasteiger partial charge < -0.3 is 19.7 Å². The fourth-order valence-electron chi connectivity index (χ4n) is 4.79. The van der Waals surface area contributed by atoms with Crippen LogP contribution in [0.5, 0.6) is 11.5 Å². The van der Waals surface area contributed by atoms with E-state index in [-0.39, 0.29) is 5.91 Å². The number of carbonyl (C=O) groups is 1. The number of rotatable bonds is 9. The molecule has 1 fully saturated rings. The minimum absolute atomic E-state index is 0.00872. The van der Waals surface area contributed by atoms with E-state index in [9.17, 15) is 4.79 Å². The first-order valence-corrected chi connectivity index (χ1v) is 13.1. The summed E-state index contributed by atoms with van der Waals surface area (Å²) in [5.74, 6) is 2.30. The quantitative estimate of drug-likeness (QED) is 0.314. The van der Waals surface area contributed by atoms with Gasteiger partial charge in [0.1, 0.15) is 11.5 Å². The van der Waals surface area contributed by atoms with E-state index in [0.29, 0.717) is 64.7 Å². The number of aryl methyl sites for hydroxylation is 1. The summed E-state index contributed by atoms with van der Waals surface area (Å²) in [5, 5.41) is 9.07. The molecule has 0 unspecified atom stereocenters. The standard InChI is InChI=1S/C27H31ClN8O3/c1-5-23(37)35-11-9-34(10-12-35)8-6-7-22-31-26-20(19-14-18(38-3)15-21(39-4)24(19)28)13-17-16-30-27(29-2)32-25(17)36(26)33-22/h5,13-16H,1,6-12H2,2-4H3,(H,29,30,32). The second kappa shape index (κ2) is 11.4. The van der Waals surface area contributed by atoms with Crippen LogP contribution in [0, 0.1) is 0 Å². The lowest BCUT2D eigenvalue weighted by molar-refractivity contribution is -0.127. The van der Waals surface area contributed by atoms with Crippen LogP contribution in [0.4, 0.5) is 5.95 Å². The van der Waals surface area contributed by atoms with Gasteiger partial charge in [-0.25, -0.2) is 9.97 Å². The van der Waals surface area contributed by atoms with Gasteiger partial charge in [0.25, 0.3) is 0 Å². The Labute approximate surface area is 231 Å². The predicted molar refractivity (Wildman–Crippen MR) is 151 cm³/mol. The fraction of sp³-hybridized carbons (Fsp3) is 0.370. The number of fused-ring (bicyclic) bond motifs is 3. The zero-order valence-corrected chi connectivity index (χ0v) is 23.0. The highest BCUT2D eigenvalue weighted by Gasteiger charge is 2.21. The third-order valence-electron chi connectivity index (χ3n) is 6.90. The SMILES string of the molecule is C=CC(=O)N1CCN(CCCc2nc3c(-c4cc(OC)cc(OC)c4Cl)cc4cnc(NC)nc4n3n2)CC1. The minimum atomic E-state index is -0.00872. The normalized spacial score (nSPS) is 14.1. The fourth-order valence-corrected chi connectivity index (χ4v) is 5.08. The first kappa shape index (κ1) is 26.6. The maximum atomic E-state index is 11.8. The van der Waals surface area contributed by atoms with Crippen LogP contribution in [-0.2, 0) is 11.2 Å². The van der Waals surface area contributed by atoms with E-state index >= 15 is 0 Å². The molecule has 1 saturated heterocycles. The van der Waals surface area contributed by atoms with Crippen molar-refractivity contribution in [2.75, 3.05) is 59.3 Å². The smallest absolute Gasteiger partial charge is 0.246 e. The van der Waals surface area contributed by atoms with Crippen molar-refractivity contribution >= 4 is 40.1 Å². The Morgan fingerprint density at radius 2 is 1.90 bits per heavy atom. The van der Waals surface area contributed by atoms with Gasteiger partial charge in [0.05, 0.1) is 19.2 Å². The zero-order valence-electron chi connectivity index (χ0n) is 22.3. The summed E-state index contributed by atoms with van der Waals surface area (Å²) < 4.78 is 12.8. The van der Waals surface area contributed by atoms with Gasteiger partial charge in [0.15, 0.2) is 17.1 Å². The Morgan fingerprint density at radius 3 is 2.59 bits per heavy atom. The van der Waals surface area contributed by atoms with E-state index < -0.39 is 0 Å². The van der Waals surface area contributed by atoms with Crippen LogP contribution in [0.1, 0.15) is 12.2 Å². The maximum Gasteiger partial charge on any atom is 0.246 e. The number of piperazine rings is 1. The van der Waals surface area contributed by atoms with Crippen LogP contribution in [0.25, 0.3) is 27.8 Å². The topological polar surface area (TPSA) is 110 Å². The first-order chi connectivity index (χ1) is 18.9. The number of amides is 1. The summed E-state index contributed by atoms with van der Waals surface area (Å²) in [6, 6.07) is 5.57. The van der Waals surface area contributed by atoms with Gasteiger partial charge in [-0.15, -0.1) is 5.10 Å². The average molecular weight is 551 g/mol. The van der Waals surface area contributed by atoms with Crippen molar-refractivity contribution in [1.29, 1.82) is 0 Å². The van der Waals surface area contributed by atoms with Gasteiger partial charge in [-0.2, -0.15) is 9.50 Å². The molecule has 0 spiro atoms. The molecular weight excluding hydrogens is 520 g/mol. The molecule has 1 aromatic carbocycles. The van der Waals surface area contributed by atoms with Crippen LogP contribution < -0.4 is 14.8 Å². The molecule has 0 bridgehead atoms. The van der Waals surface area contributed by atoms with Crippen molar-refractivity contribution in [3.63, 3.8) is 0 Å². The summed E-state index contributed by atoms with van der Waals surface area (Å²) in [6.45, 7) is 7.58. The molecule has 39 heavy (non-hydrogen) atoms. The van der Waals surface area contributed by atoms with E-state index in [4.69, 9.17) is 31.2 Å². The largest absolute Gasteiger partial charge is 0.497 e. The molecule has 11 nitrogen and oxygen atoms in total. The lowest BCUT2D eigenvalue weighted by atomic mass is 10.0. The summed E-state index contributed by atoms with van der Waals surface area (Å²) in [5.41, 5.74) is 2.75. The molecule has 1 aliphatic rings. The Balaban J connectivity index is 1.47. The summed E-state index contributed by atoms with van der Waals surface area (Å²) in [6.07, 6.45) is 4.69. The summed E-state index contributed by atoms with van der Waals surface area (Å²) in [4.78, 5) is 30.0. The molecule has 4 aromatic rings. The van der Waals surface area contributed by atoms with Gasteiger partial charge in [0, 0.05) is 68.4 Å². The van der Waals surface area contributed by atoms with E-state index in [2.05, 4.69) is 26.8 Å². The van der Waals surface area contributed by atoms with Crippen LogP contribution in [-0.4, -0.2) is 94.3 Å². The number of anilines is 1. The average Bonchev–Trinajstić information content (AvgIpc) is 3.41. The highest BCUT2D eigenvalue weighted by atomic mass is 35.5. The Bertz CT molecular complexity index is 1530. The minimum Gasteiger partial charge on any atom is -0.497 e. The predicted octanol–water partition coefficient (Wildman–Crippen LogP) is 3.31. The molecule has 0 aliphatic carbocycles. The number of nitrogens with zero attached hydrogens (tertiary/aromatic N) is 7. The molecule has 1 N–H and O–H groups in total. The molecule has 12 heteroatoms. The molecule has 204 valence electrons. The van der Waals surface area contributed by atoms with Crippen molar-refractivity contribution in [3.8, 4) is 22.6 Å². The van der Waals surface area contributed by atoms with Crippen molar-refractivity contribution in [1.82, 2.24) is 34.4 Å². The monoisotopic (exact) mass is 550 g/mol. The van der Waals surface area contributed by atoms with Crippen LogP contribution in [0.2, 0.25) is 5.02 Å². The summed E-state index contributed by atoms with van der Waals surface area (Å²) in [7, 11) is 4.94. The molecule has 0 atom stereocenters. The molecule has 5 rings (SSSR count). The lowest BCUT2D eigenvalue weighted by Crippen LogP contribution is -2.48. The van der Waals surface area contributed by atoms with E-state index in [1.165, 1.54) is 6.08 Å². The van der Waals surface area contributed by atoms with E-state index in [1.54, 1.807) is 38.0 Å². The number of ether oxygens (including phenoxy) is 2. The zero-order chi connectivity index (χ0) is 27.5. The van der Waals surface area contributed by atoms with Gasteiger partial charge >= 0.3 is 0 Å². The van der Waals surface area contributed by atoms with Crippen molar-refractivity contribution in [2.24, 2.45) is 0 Å². The molecule has 4 heterocycles. The molecule has 1 aliphatic heterocycles. The highest BCUT2D eigenvalue weighted by molar-refractivity contribution is 6.35. The van der Waals surface area contributed by atoms with Gasteiger partial charge in [-0.1, -0.05) is 18.2 Å². The molecule has 0 saturated carbocycles. The number of nitrogens with one attached hydrogen (secondary N) is 1. The van der Waals surface area contributed by atoms with Crippen LogP contribution >= 0.6 is 11.6 Å². The number of aromatic nitrogens is 5. The van der Waals surface area contributed by atoms with Crippen LogP contribution in [0.3, 0.4) is 0 Å². The molecule has 1 amide bonds. The van der Waals surface area contributed by atoms with Crippen molar-refractivity contribution in [2.45, 2.75) is 12.8 Å². The van der Waals surface area contributed by atoms with E-state index in [0.717, 1.165) is 37.0 Å². The number of pyridine rings is 1. The Hall–Kier alpha value is -3.96. The molecule has 0 radical (unpaired) electrons. The van der Waals surface area contributed by atoms with Gasteiger partial charge in [-0.05, 0) is 31.2 Å². The Kier molecular flexibility index (Phi) is 7.80. The summed E-state index contributed by atoms with van der Waals surface area (Å²) >= 11 is 6.77. The third-order valence-corrected chi connectivity index (χ3v) is 7.29. The highest BCUT2D eigenvalue weighted by Crippen LogP contribution is 2.41. The number of carbonyl (C=O) groups excluding carboxylic acids is 1. The Morgan fingerprint density at radius 1 is 1.10 bits per heavy atom. The second-order valence-corrected chi connectivity index (χ2v) is 9.59. The number of hydrogen-bond acceptors (Lipinski definition) is 9. The van der Waals surface area contributed by atoms with Gasteiger partial charge in [-0.3, -0.25) is 9.69 Å². The van der Waals surface area contributed by atoms with Gasteiger partial charge in [0.2, 0.25) is 11.9 Å². The lowest BCUT2D eigenvalue weighted by Gasteiger charge is -2.34. The molecule has 3 aromatic heterocycles. The number of benzene rings is 1. The first-order valence-electron chi connectivity index (χ1n) is 12.7. The molecular formula is C27H31ClN8O3. The third kappa shape index (κ3) is 5.32.